The Morgan fingerprint density at radius 1 is 1.75 bits per heavy atom. The molecule has 64 valence electrons. The number of aromatic nitrogens is 2. The maximum atomic E-state index is 10.6. The van der Waals surface area contributed by atoms with Gasteiger partial charge in [-0.2, -0.15) is 5.10 Å². The normalized spacial score (nSPS) is 33.2. The van der Waals surface area contributed by atoms with E-state index < -0.39 is 5.97 Å². The van der Waals surface area contributed by atoms with Crippen molar-refractivity contribution in [3.05, 3.63) is 18.0 Å². The molecule has 1 heterocycles. The van der Waals surface area contributed by atoms with Crippen LogP contribution in [0.5, 0.6) is 0 Å². The predicted molar refractivity (Wildman–Crippen MR) is 41.6 cm³/mol. The van der Waals surface area contributed by atoms with Gasteiger partial charge in [-0.15, -0.1) is 0 Å². The van der Waals surface area contributed by atoms with E-state index >= 15 is 0 Å². The molecule has 2 N–H and O–H groups in total. The first-order valence-corrected chi connectivity index (χ1v) is 3.93. The summed E-state index contributed by atoms with van der Waals surface area (Å²) in [4.78, 5) is 10.6. The maximum absolute atomic E-state index is 10.6. The fourth-order valence-corrected chi connectivity index (χ4v) is 1.80. The number of H-pyrrole nitrogens is 1. The van der Waals surface area contributed by atoms with Crippen molar-refractivity contribution in [3.63, 3.8) is 0 Å². The first kappa shape index (κ1) is 7.34. The summed E-state index contributed by atoms with van der Waals surface area (Å²) in [7, 11) is 0. The van der Waals surface area contributed by atoms with Gasteiger partial charge in [-0.25, -0.2) is 0 Å². The topological polar surface area (TPSA) is 66.0 Å². The van der Waals surface area contributed by atoms with Gasteiger partial charge >= 0.3 is 5.97 Å². The Labute approximate surface area is 69.6 Å². The lowest BCUT2D eigenvalue weighted by atomic mass is 10.2. The number of rotatable bonds is 2. The summed E-state index contributed by atoms with van der Waals surface area (Å²) in [6, 6.07) is 0. The summed E-state index contributed by atoms with van der Waals surface area (Å²) in [5.41, 5.74) is 1.01. The summed E-state index contributed by atoms with van der Waals surface area (Å²) >= 11 is 0. The lowest BCUT2D eigenvalue weighted by molar-refractivity contribution is -0.138. The third-order valence-corrected chi connectivity index (χ3v) is 2.57. The Morgan fingerprint density at radius 3 is 2.92 bits per heavy atom. The number of carbonyl (C=O) groups is 1. The molecule has 0 bridgehead atoms. The van der Waals surface area contributed by atoms with Crippen LogP contribution in [-0.4, -0.2) is 21.3 Å². The highest BCUT2D eigenvalue weighted by atomic mass is 16.4. The molecule has 0 aromatic carbocycles. The lowest BCUT2D eigenvalue weighted by Crippen LogP contribution is -1.99. The summed E-state index contributed by atoms with van der Waals surface area (Å²) in [5.74, 6) is -0.488. The molecule has 4 heteroatoms. The average molecular weight is 166 g/mol. The number of aliphatic carboxylic acids is 1. The molecule has 1 unspecified atom stereocenters. The van der Waals surface area contributed by atoms with Crippen LogP contribution in [0.4, 0.5) is 0 Å². The first-order valence-electron chi connectivity index (χ1n) is 3.93. The van der Waals surface area contributed by atoms with Gasteiger partial charge in [-0.05, 0) is 11.5 Å². The zero-order valence-corrected chi connectivity index (χ0v) is 6.69. The Balaban J connectivity index is 2.15. The van der Waals surface area contributed by atoms with Crippen LogP contribution >= 0.6 is 0 Å². The summed E-state index contributed by atoms with van der Waals surface area (Å²) in [6.07, 6.45) is 3.47. The monoisotopic (exact) mass is 166 g/mol. The van der Waals surface area contributed by atoms with Crippen molar-refractivity contribution >= 4 is 5.97 Å². The van der Waals surface area contributed by atoms with Gasteiger partial charge in [0.25, 0.3) is 0 Å². The van der Waals surface area contributed by atoms with Crippen molar-refractivity contribution in [2.75, 3.05) is 0 Å². The standard InChI is InChI=1S/C8H10N2O2/c1-4-6(7(4)8(11)12)5-2-9-10-3-5/h2-4,6-7H,1H3,(H,9,10)(H,11,12)/t4?,6-,7+/m1/s1. The van der Waals surface area contributed by atoms with Crippen LogP contribution in [0.2, 0.25) is 0 Å². The first-order chi connectivity index (χ1) is 5.72. The van der Waals surface area contributed by atoms with Crippen molar-refractivity contribution in [2.24, 2.45) is 11.8 Å². The second kappa shape index (κ2) is 2.33. The molecule has 0 saturated heterocycles. The Hall–Kier alpha value is -1.32. The molecule has 0 spiro atoms. The van der Waals surface area contributed by atoms with Crippen LogP contribution in [0.25, 0.3) is 0 Å². The zero-order valence-electron chi connectivity index (χ0n) is 6.69. The van der Waals surface area contributed by atoms with Gasteiger partial charge in [-0.1, -0.05) is 6.92 Å². The minimum Gasteiger partial charge on any atom is -0.481 e. The second-order valence-corrected chi connectivity index (χ2v) is 3.28. The number of carboxylic acids is 1. The number of hydrogen-bond acceptors (Lipinski definition) is 2. The Kier molecular flexibility index (Phi) is 1.43. The molecular formula is C8H10N2O2. The quantitative estimate of drug-likeness (QED) is 0.684. The molecule has 0 amide bonds. The van der Waals surface area contributed by atoms with Gasteiger partial charge in [-0.3, -0.25) is 9.89 Å². The van der Waals surface area contributed by atoms with E-state index in [2.05, 4.69) is 10.2 Å². The Morgan fingerprint density at radius 2 is 2.50 bits per heavy atom. The average Bonchev–Trinajstić information content (AvgIpc) is 2.50. The maximum Gasteiger partial charge on any atom is 0.307 e. The third kappa shape index (κ3) is 0.913. The van der Waals surface area contributed by atoms with E-state index in [-0.39, 0.29) is 17.8 Å². The predicted octanol–water partition coefficient (Wildman–Crippen LogP) is 0.844. The number of nitrogens with one attached hydrogen (secondary N) is 1. The van der Waals surface area contributed by atoms with Gasteiger partial charge in [0.15, 0.2) is 0 Å². The number of aromatic amines is 1. The molecule has 1 aromatic rings. The molecule has 0 aliphatic heterocycles. The van der Waals surface area contributed by atoms with Crippen LogP contribution in [0, 0.1) is 11.8 Å². The minimum atomic E-state index is -0.700. The molecular weight excluding hydrogens is 156 g/mol. The van der Waals surface area contributed by atoms with E-state index in [0.29, 0.717) is 0 Å². The molecule has 0 radical (unpaired) electrons. The smallest absolute Gasteiger partial charge is 0.307 e. The van der Waals surface area contributed by atoms with Crippen molar-refractivity contribution in [1.82, 2.24) is 10.2 Å². The highest BCUT2D eigenvalue weighted by Crippen LogP contribution is 2.53. The second-order valence-electron chi connectivity index (χ2n) is 3.28. The van der Waals surface area contributed by atoms with Crippen molar-refractivity contribution < 1.29 is 9.90 Å². The molecule has 1 fully saturated rings. The number of carboxylic acid groups (broad SMARTS) is 1. The molecule has 12 heavy (non-hydrogen) atoms. The summed E-state index contributed by atoms with van der Waals surface area (Å²) in [5, 5.41) is 15.2. The number of nitrogens with zero attached hydrogens (tertiary/aromatic N) is 1. The van der Waals surface area contributed by atoms with Crippen LogP contribution in [0.3, 0.4) is 0 Å². The molecule has 1 aromatic heterocycles. The fraction of sp³-hybridized carbons (Fsp3) is 0.500. The lowest BCUT2D eigenvalue weighted by Gasteiger charge is -1.88. The van der Waals surface area contributed by atoms with E-state index in [1.54, 1.807) is 12.4 Å². The van der Waals surface area contributed by atoms with Crippen LogP contribution in [0.1, 0.15) is 18.4 Å². The van der Waals surface area contributed by atoms with E-state index in [4.69, 9.17) is 5.11 Å². The van der Waals surface area contributed by atoms with E-state index in [1.165, 1.54) is 0 Å². The molecule has 1 saturated carbocycles. The van der Waals surface area contributed by atoms with Gasteiger partial charge in [0.05, 0.1) is 12.1 Å². The van der Waals surface area contributed by atoms with Gasteiger partial charge in [0.2, 0.25) is 0 Å². The summed E-state index contributed by atoms with van der Waals surface area (Å²) < 4.78 is 0. The molecule has 4 nitrogen and oxygen atoms in total. The largest absolute Gasteiger partial charge is 0.481 e. The molecule has 1 aliphatic rings. The van der Waals surface area contributed by atoms with Crippen LogP contribution < -0.4 is 0 Å². The fourth-order valence-electron chi connectivity index (χ4n) is 1.80. The van der Waals surface area contributed by atoms with E-state index in [9.17, 15) is 4.79 Å². The number of hydrogen-bond donors (Lipinski definition) is 2. The minimum absolute atomic E-state index is 0.168. The Bertz CT molecular complexity index is 294. The third-order valence-electron chi connectivity index (χ3n) is 2.57. The summed E-state index contributed by atoms with van der Waals surface area (Å²) in [6.45, 7) is 1.95. The highest BCUT2D eigenvalue weighted by Gasteiger charge is 2.53. The molecule has 1 aliphatic carbocycles. The SMILES string of the molecule is CC1[C@H](C(=O)O)[C@H]1c1cn[nH]c1. The van der Waals surface area contributed by atoms with Gasteiger partial charge < -0.3 is 5.11 Å². The van der Waals surface area contributed by atoms with E-state index in [0.717, 1.165) is 5.56 Å². The van der Waals surface area contributed by atoms with Gasteiger partial charge in [0, 0.05) is 12.1 Å². The van der Waals surface area contributed by atoms with Crippen LogP contribution in [0.15, 0.2) is 12.4 Å². The highest BCUT2D eigenvalue weighted by molar-refractivity contribution is 5.76. The van der Waals surface area contributed by atoms with Crippen LogP contribution in [-0.2, 0) is 4.79 Å². The van der Waals surface area contributed by atoms with Gasteiger partial charge in [0.1, 0.15) is 0 Å². The van der Waals surface area contributed by atoms with E-state index in [1.807, 2.05) is 6.92 Å². The molecule has 2 rings (SSSR count). The molecule has 3 atom stereocenters. The van der Waals surface area contributed by atoms with Crippen molar-refractivity contribution in [2.45, 2.75) is 12.8 Å². The van der Waals surface area contributed by atoms with Crippen molar-refractivity contribution in [3.8, 4) is 0 Å². The zero-order chi connectivity index (χ0) is 8.72. The van der Waals surface area contributed by atoms with Crippen molar-refractivity contribution in [1.29, 1.82) is 0 Å².